The highest BCUT2D eigenvalue weighted by atomic mass is 19.4. The Morgan fingerprint density at radius 2 is 1.72 bits per heavy atom. The van der Waals surface area contributed by atoms with Gasteiger partial charge in [-0.3, -0.25) is 19.7 Å². The predicted octanol–water partition coefficient (Wildman–Crippen LogP) is 3.59. The lowest BCUT2D eigenvalue weighted by Gasteiger charge is -2.26. The second kappa shape index (κ2) is 8.83. The standard InChI is InChI=1S/C20H19F3N4O5/c1-11-9-15(7-8-16(11)27(30)31)26-10-17(32-19(26)20(21,22)23)18(29)25-14-5-3-13(4-6-14)24-12(2)28/h3-9,17,19H,10H2,1-2H3,(H,24,28)(H,25,29)/t17-,19+/m0/s1. The second-order valence-electron chi connectivity index (χ2n) is 7.15. The van der Waals surface area contributed by atoms with Gasteiger partial charge in [-0.2, -0.15) is 13.2 Å². The first kappa shape index (κ1) is 23.0. The Morgan fingerprint density at radius 3 is 2.22 bits per heavy atom. The van der Waals surface area contributed by atoms with Crippen molar-refractivity contribution in [2.45, 2.75) is 32.4 Å². The zero-order valence-corrected chi connectivity index (χ0v) is 17.0. The van der Waals surface area contributed by atoms with Crippen LogP contribution >= 0.6 is 0 Å². The average molecular weight is 452 g/mol. The van der Waals surface area contributed by atoms with Crippen LogP contribution in [0.15, 0.2) is 42.5 Å². The second-order valence-corrected chi connectivity index (χ2v) is 7.15. The van der Waals surface area contributed by atoms with Crippen molar-refractivity contribution in [3.8, 4) is 0 Å². The molecule has 1 heterocycles. The number of rotatable bonds is 5. The number of ether oxygens (including phenoxy) is 1. The van der Waals surface area contributed by atoms with E-state index < -0.39 is 35.9 Å². The molecule has 2 amide bonds. The number of nitro groups is 1. The van der Waals surface area contributed by atoms with Crippen LogP contribution in [-0.4, -0.2) is 41.8 Å². The summed E-state index contributed by atoms with van der Waals surface area (Å²) >= 11 is 0. The molecule has 0 aromatic heterocycles. The van der Waals surface area contributed by atoms with Crippen LogP contribution in [0, 0.1) is 17.0 Å². The van der Waals surface area contributed by atoms with Gasteiger partial charge in [-0.05, 0) is 43.3 Å². The molecule has 2 N–H and O–H groups in total. The molecule has 2 aromatic carbocycles. The van der Waals surface area contributed by atoms with Gasteiger partial charge in [0.1, 0.15) is 0 Å². The Bertz CT molecular complexity index is 1040. The van der Waals surface area contributed by atoms with E-state index in [0.29, 0.717) is 11.4 Å². The van der Waals surface area contributed by atoms with Gasteiger partial charge in [-0.1, -0.05) is 0 Å². The summed E-state index contributed by atoms with van der Waals surface area (Å²) in [5.41, 5.74) is 0.797. The minimum absolute atomic E-state index is 0.0467. The number of aryl methyl sites for hydroxylation is 1. The number of nitro benzene ring substituents is 1. The van der Waals surface area contributed by atoms with Crippen LogP contribution in [0.4, 0.5) is 35.9 Å². The third-order valence-electron chi connectivity index (χ3n) is 4.69. The maximum atomic E-state index is 13.6. The highest BCUT2D eigenvalue weighted by Gasteiger charge is 2.52. The lowest BCUT2D eigenvalue weighted by molar-refractivity contribution is -0.385. The van der Waals surface area contributed by atoms with Crippen molar-refractivity contribution in [3.63, 3.8) is 0 Å². The van der Waals surface area contributed by atoms with E-state index in [0.717, 1.165) is 11.0 Å². The van der Waals surface area contributed by atoms with Crippen LogP contribution in [0.1, 0.15) is 12.5 Å². The summed E-state index contributed by atoms with van der Waals surface area (Å²) in [6, 6.07) is 9.57. The monoisotopic (exact) mass is 452 g/mol. The van der Waals surface area contributed by atoms with E-state index in [2.05, 4.69) is 10.6 Å². The van der Waals surface area contributed by atoms with Gasteiger partial charge in [0.05, 0.1) is 11.5 Å². The molecule has 1 aliphatic rings. The number of hydrogen-bond donors (Lipinski definition) is 2. The van der Waals surface area contributed by atoms with Crippen molar-refractivity contribution in [2.75, 3.05) is 22.1 Å². The minimum atomic E-state index is -4.80. The van der Waals surface area contributed by atoms with Crippen LogP contribution in [0.5, 0.6) is 0 Å². The fraction of sp³-hybridized carbons (Fsp3) is 0.300. The number of nitrogens with one attached hydrogen (secondary N) is 2. The first-order chi connectivity index (χ1) is 15.0. The third-order valence-corrected chi connectivity index (χ3v) is 4.69. The van der Waals surface area contributed by atoms with Gasteiger partial charge in [0.25, 0.3) is 11.6 Å². The van der Waals surface area contributed by atoms with E-state index in [4.69, 9.17) is 4.74 Å². The number of anilines is 3. The summed E-state index contributed by atoms with van der Waals surface area (Å²) in [7, 11) is 0. The molecule has 2 atom stereocenters. The first-order valence-corrected chi connectivity index (χ1v) is 9.38. The number of carbonyl (C=O) groups is 2. The number of hydrogen-bond acceptors (Lipinski definition) is 6. The SMILES string of the molecule is CC(=O)Nc1ccc(NC(=O)[C@@H]2CN(c3ccc([N+](=O)[O-])c(C)c3)[C@@H](C(F)(F)F)O2)cc1. The summed E-state index contributed by atoms with van der Waals surface area (Å²) in [4.78, 5) is 34.8. The predicted molar refractivity (Wildman–Crippen MR) is 109 cm³/mol. The van der Waals surface area contributed by atoms with Gasteiger partial charge in [0, 0.05) is 35.6 Å². The smallest absolute Gasteiger partial charge is 0.335 e. The zero-order chi connectivity index (χ0) is 23.6. The molecule has 170 valence electrons. The molecule has 0 spiro atoms. The number of amides is 2. The summed E-state index contributed by atoms with van der Waals surface area (Å²) in [5.74, 6) is -1.06. The van der Waals surface area contributed by atoms with Crippen molar-refractivity contribution >= 4 is 34.6 Å². The van der Waals surface area contributed by atoms with Crippen LogP contribution in [0.3, 0.4) is 0 Å². The topological polar surface area (TPSA) is 114 Å². The highest BCUT2D eigenvalue weighted by Crippen LogP contribution is 2.36. The average Bonchev–Trinajstić information content (AvgIpc) is 3.15. The van der Waals surface area contributed by atoms with Gasteiger partial charge in [0.2, 0.25) is 12.1 Å². The fourth-order valence-electron chi connectivity index (χ4n) is 3.27. The maximum absolute atomic E-state index is 13.6. The number of nitrogens with zero attached hydrogens (tertiary/aromatic N) is 2. The fourth-order valence-corrected chi connectivity index (χ4v) is 3.27. The van der Waals surface area contributed by atoms with Crippen molar-refractivity contribution in [1.29, 1.82) is 0 Å². The lowest BCUT2D eigenvalue weighted by atomic mass is 10.1. The Hall–Kier alpha value is -3.67. The molecular weight excluding hydrogens is 433 g/mol. The van der Waals surface area contributed by atoms with Gasteiger partial charge in [-0.15, -0.1) is 0 Å². The summed E-state index contributed by atoms with van der Waals surface area (Å²) < 4.78 is 45.7. The minimum Gasteiger partial charge on any atom is -0.335 e. The molecule has 1 aliphatic heterocycles. The molecule has 3 rings (SSSR count). The van der Waals surface area contributed by atoms with E-state index in [1.165, 1.54) is 50.2 Å². The van der Waals surface area contributed by atoms with Gasteiger partial charge < -0.3 is 20.3 Å². The normalized spacial score (nSPS) is 18.3. The summed E-state index contributed by atoms with van der Waals surface area (Å²) in [5, 5.41) is 16.0. The third kappa shape index (κ3) is 5.14. The van der Waals surface area contributed by atoms with Gasteiger partial charge >= 0.3 is 6.18 Å². The lowest BCUT2D eigenvalue weighted by Crippen LogP contribution is -2.42. The molecule has 0 aliphatic carbocycles. The quantitative estimate of drug-likeness (QED) is 0.530. The van der Waals surface area contributed by atoms with E-state index in [1.807, 2.05) is 0 Å². The molecule has 0 radical (unpaired) electrons. The molecular formula is C20H19F3N4O5. The van der Waals surface area contributed by atoms with Crippen molar-refractivity contribution < 1.29 is 32.4 Å². The molecule has 0 saturated carbocycles. The Kier molecular flexibility index (Phi) is 6.35. The first-order valence-electron chi connectivity index (χ1n) is 9.38. The van der Waals surface area contributed by atoms with Crippen molar-refractivity contribution in [1.82, 2.24) is 0 Å². The van der Waals surface area contributed by atoms with Crippen LogP contribution in [0.2, 0.25) is 0 Å². The Balaban J connectivity index is 1.77. The molecule has 32 heavy (non-hydrogen) atoms. The van der Waals surface area contributed by atoms with Crippen molar-refractivity contribution in [3.05, 3.63) is 58.1 Å². The molecule has 1 fully saturated rings. The largest absolute Gasteiger partial charge is 0.433 e. The summed E-state index contributed by atoms with van der Waals surface area (Å²) in [6.07, 6.45) is -8.63. The molecule has 2 aromatic rings. The number of benzene rings is 2. The molecule has 12 heteroatoms. The highest BCUT2D eigenvalue weighted by molar-refractivity contribution is 5.95. The van der Waals surface area contributed by atoms with Crippen LogP contribution in [-0.2, 0) is 14.3 Å². The maximum Gasteiger partial charge on any atom is 0.433 e. The Labute approximate surface area is 180 Å². The van der Waals surface area contributed by atoms with Gasteiger partial charge in [-0.25, -0.2) is 0 Å². The van der Waals surface area contributed by atoms with Crippen LogP contribution in [0.25, 0.3) is 0 Å². The summed E-state index contributed by atoms with van der Waals surface area (Å²) in [6.45, 7) is 2.34. The molecule has 9 nitrogen and oxygen atoms in total. The van der Waals surface area contributed by atoms with E-state index in [9.17, 15) is 32.9 Å². The Morgan fingerprint density at radius 1 is 1.12 bits per heavy atom. The van der Waals surface area contributed by atoms with Gasteiger partial charge in [0.15, 0.2) is 6.10 Å². The number of carbonyl (C=O) groups excluding carboxylic acids is 2. The molecule has 0 unspecified atom stereocenters. The van der Waals surface area contributed by atoms with E-state index in [1.54, 1.807) is 0 Å². The molecule has 0 bridgehead atoms. The van der Waals surface area contributed by atoms with Crippen molar-refractivity contribution in [2.24, 2.45) is 0 Å². The van der Waals surface area contributed by atoms with E-state index >= 15 is 0 Å². The number of halogens is 3. The van der Waals surface area contributed by atoms with Crippen LogP contribution < -0.4 is 15.5 Å². The zero-order valence-electron chi connectivity index (χ0n) is 17.0. The molecule has 1 saturated heterocycles. The van der Waals surface area contributed by atoms with E-state index in [-0.39, 0.29) is 22.8 Å². The number of alkyl halides is 3.